The third-order valence-electron chi connectivity index (χ3n) is 5.03. The molecule has 0 unspecified atom stereocenters. The fourth-order valence-corrected chi connectivity index (χ4v) is 3.54. The quantitative estimate of drug-likeness (QED) is 0.206. The molecule has 3 rings (SSSR count). The largest absolute Gasteiger partial charge is 0.513 e. The Kier molecular flexibility index (Phi) is 7.39. The molecule has 0 aromatic heterocycles. The Morgan fingerprint density at radius 3 is 1.94 bits per heavy atom. The van der Waals surface area contributed by atoms with Crippen molar-refractivity contribution in [2.45, 2.75) is 26.2 Å². The third-order valence-corrected chi connectivity index (χ3v) is 5.03. The fraction of sp³-hybridized carbons (Fsp3) is 0.185. The zero-order valence-corrected chi connectivity index (χ0v) is 17.7. The molecular weight excluding hydrogens is 388 g/mol. The van der Waals surface area contributed by atoms with Gasteiger partial charge < -0.3 is 20.1 Å². The van der Waals surface area contributed by atoms with Crippen molar-refractivity contribution in [1.29, 1.82) is 0 Å². The second-order valence-corrected chi connectivity index (χ2v) is 7.35. The number of phenolic OH excluding ortho intramolecular Hbond substituents is 2. The lowest BCUT2D eigenvalue weighted by Gasteiger charge is -2.17. The van der Waals surface area contributed by atoms with Crippen LogP contribution >= 0.6 is 0 Å². The zero-order chi connectivity index (χ0) is 22.2. The van der Waals surface area contributed by atoms with Gasteiger partial charge in [-0.05, 0) is 77.1 Å². The number of hydrogen-bond donors (Lipinski definition) is 3. The smallest absolute Gasteiger partial charge is 0.119 e. The Bertz CT molecular complexity index is 1000. The Labute approximate surface area is 183 Å². The lowest BCUT2D eigenvalue weighted by Crippen LogP contribution is -1.99. The second kappa shape index (κ2) is 10.4. The second-order valence-electron chi connectivity index (χ2n) is 7.35. The summed E-state index contributed by atoms with van der Waals surface area (Å²) < 4.78 is 5.87. The Balaban J connectivity index is 2.03. The van der Waals surface area contributed by atoms with Crippen LogP contribution in [-0.4, -0.2) is 21.9 Å². The summed E-state index contributed by atoms with van der Waals surface area (Å²) >= 11 is 0. The van der Waals surface area contributed by atoms with E-state index < -0.39 is 0 Å². The molecule has 4 nitrogen and oxygen atoms in total. The molecule has 0 aliphatic rings. The monoisotopic (exact) mass is 416 g/mol. The zero-order valence-electron chi connectivity index (χ0n) is 17.7. The van der Waals surface area contributed by atoms with Crippen molar-refractivity contribution >= 4 is 11.1 Å². The number of ether oxygens (including phenoxy) is 1. The standard InChI is InChI=1S/C27H28O4/c1-3-26(22-7-4-8-25(18-22)31-17-5-6-19(2)28)27(20-9-13-23(29)14-10-20)21-11-15-24(30)16-12-21/h4,7-16,18,28-30H,2-3,5-6,17H2,1H3. The number of aliphatic hydroxyl groups excluding tert-OH is 1. The van der Waals surface area contributed by atoms with Crippen LogP contribution in [0.3, 0.4) is 0 Å². The molecule has 160 valence electrons. The van der Waals surface area contributed by atoms with Gasteiger partial charge in [0.15, 0.2) is 0 Å². The van der Waals surface area contributed by atoms with Crippen LogP contribution in [0.15, 0.2) is 85.1 Å². The van der Waals surface area contributed by atoms with E-state index in [1.807, 2.05) is 42.5 Å². The summed E-state index contributed by atoms with van der Waals surface area (Å²) in [5, 5.41) is 28.7. The number of hydrogen-bond acceptors (Lipinski definition) is 4. The molecule has 0 saturated carbocycles. The van der Waals surface area contributed by atoms with Gasteiger partial charge in [-0.3, -0.25) is 0 Å². The topological polar surface area (TPSA) is 69.9 Å². The first-order valence-corrected chi connectivity index (χ1v) is 10.4. The van der Waals surface area contributed by atoms with E-state index in [1.54, 1.807) is 24.3 Å². The molecule has 0 amide bonds. The van der Waals surface area contributed by atoms with Gasteiger partial charge in [-0.15, -0.1) is 0 Å². The first kappa shape index (κ1) is 22.0. The lowest BCUT2D eigenvalue weighted by molar-refractivity contribution is 0.295. The summed E-state index contributed by atoms with van der Waals surface area (Å²) in [7, 11) is 0. The minimum Gasteiger partial charge on any atom is -0.513 e. The fourth-order valence-electron chi connectivity index (χ4n) is 3.54. The number of rotatable bonds is 9. The van der Waals surface area contributed by atoms with Crippen LogP contribution < -0.4 is 4.74 Å². The Hall–Kier alpha value is -3.66. The first-order valence-electron chi connectivity index (χ1n) is 10.4. The maximum Gasteiger partial charge on any atom is 0.119 e. The number of aliphatic hydroxyl groups is 1. The van der Waals surface area contributed by atoms with E-state index in [4.69, 9.17) is 4.74 Å². The molecule has 0 aliphatic heterocycles. The van der Waals surface area contributed by atoms with Gasteiger partial charge in [0.25, 0.3) is 0 Å². The molecule has 0 bridgehead atoms. The summed E-state index contributed by atoms with van der Waals surface area (Å²) in [6.07, 6.45) is 2.00. The van der Waals surface area contributed by atoms with E-state index in [0.717, 1.165) is 40.0 Å². The van der Waals surface area contributed by atoms with Gasteiger partial charge >= 0.3 is 0 Å². The Morgan fingerprint density at radius 1 is 0.839 bits per heavy atom. The first-order chi connectivity index (χ1) is 15.0. The predicted molar refractivity (Wildman–Crippen MR) is 125 cm³/mol. The summed E-state index contributed by atoms with van der Waals surface area (Å²) in [4.78, 5) is 0. The maximum atomic E-state index is 9.74. The van der Waals surface area contributed by atoms with Crippen molar-refractivity contribution in [1.82, 2.24) is 0 Å². The highest BCUT2D eigenvalue weighted by Gasteiger charge is 2.14. The van der Waals surface area contributed by atoms with Crippen LogP contribution in [0.25, 0.3) is 11.1 Å². The van der Waals surface area contributed by atoms with Crippen molar-refractivity contribution in [2.75, 3.05) is 6.61 Å². The van der Waals surface area contributed by atoms with Crippen LogP contribution in [0.1, 0.15) is 42.9 Å². The molecule has 0 radical (unpaired) electrons. The van der Waals surface area contributed by atoms with Crippen molar-refractivity contribution in [2.24, 2.45) is 0 Å². The summed E-state index contributed by atoms with van der Waals surface area (Å²) in [5.41, 5.74) is 5.17. The van der Waals surface area contributed by atoms with Gasteiger partial charge in [0.05, 0.1) is 12.4 Å². The average molecular weight is 417 g/mol. The van der Waals surface area contributed by atoms with Gasteiger partial charge in [-0.25, -0.2) is 0 Å². The molecule has 3 aromatic rings. The molecule has 3 N–H and O–H groups in total. The van der Waals surface area contributed by atoms with E-state index in [2.05, 4.69) is 19.6 Å². The van der Waals surface area contributed by atoms with Gasteiger partial charge in [0.2, 0.25) is 0 Å². The molecule has 3 aromatic carbocycles. The van der Waals surface area contributed by atoms with Gasteiger partial charge in [0, 0.05) is 6.42 Å². The number of allylic oxidation sites excluding steroid dienone is 2. The van der Waals surface area contributed by atoms with Crippen molar-refractivity contribution in [3.8, 4) is 17.2 Å². The minimum atomic E-state index is 0.168. The van der Waals surface area contributed by atoms with E-state index in [-0.39, 0.29) is 17.3 Å². The minimum absolute atomic E-state index is 0.168. The van der Waals surface area contributed by atoms with Gasteiger partial charge in [-0.1, -0.05) is 49.9 Å². The number of benzene rings is 3. The van der Waals surface area contributed by atoms with Crippen molar-refractivity contribution < 1.29 is 20.1 Å². The predicted octanol–water partition coefficient (Wildman–Crippen LogP) is 6.70. The molecule has 4 heteroatoms. The molecule has 31 heavy (non-hydrogen) atoms. The normalized spacial score (nSPS) is 10.5. The third kappa shape index (κ3) is 5.92. The summed E-state index contributed by atoms with van der Waals surface area (Å²) in [6.45, 7) is 6.10. The van der Waals surface area contributed by atoms with Crippen LogP contribution in [0.2, 0.25) is 0 Å². The SMILES string of the molecule is C=C(O)CCCOc1cccc(C(CC)=C(c2ccc(O)cc2)c2ccc(O)cc2)c1. The maximum absolute atomic E-state index is 9.74. The summed E-state index contributed by atoms with van der Waals surface area (Å²) in [5.74, 6) is 1.37. The van der Waals surface area contributed by atoms with E-state index in [0.29, 0.717) is 19.4 Å². The van der Waals surface area contributed by atoms with Crippen LogP contribution in [0.4, 0.5) is 0 Å². The molecule has 0 fully saturated rings. The highest BCUT2D eigenvalue weighted by Crippen LogP contribution is 2.36. The highest BCUT2D eigenvalue weighted by atomic mass is 16.5. The molecule has 0 atom stereocenters. The van der Waals surface area contributed by atoms with Crippen molar-refractivity contribution in [3.05, 3.63) is 102 Å². The van der Waals surface area contributed by atoms with E-state index >= 15 is 0 Å². The average Bonchev–Trinajstić information content (AvgIpc) is 2.77. The van der Waals surface area contributed by atoms with Crippen molar-refractivity contribution in [3.63, 3.8) is 0 Å². The molecular formula is C27H28O4. The van der Waals surface area contributed by atoms with Crippen LogP contribution in [-0.2, 0) is 0 Å². The van der Waals surface area contributed by atoms with Crippen LogP contribution in [0.5, 0.6) is 17.2 Å². The molecule has 0 spiro atoms. The number of phenols is 2. The molecule has 0 aliphatic carbocycles. The molecule has 0 saturated heterocycles. The number of aromatic hydroxyl groups is 2. The lowest BCUT2D eigenvalue weighted by atomic mass is 9.88. The highest BCUT2D eigenvalue weighted by molar-refractivity contribution is 5.98. The Morgan fingerprint density at radius 2 is 1.42 bits per heavy atom. The van der Waals surface area contributed by atoms with Gasteiger partial charge in [-0.2, -0.15) is 0 Å². The van der Waals surface area contributed by atoms with E-state index in [9.17, 15) is 15.3 Å². The molecule has 0 heterocycles. The van der Waals surface area contributed by atoms with Crippen LogP contribution in [0, 0.1) is 0 Å². The van der Waals surface area contributed by atoms with E-state index in [1.165, 1.54) is 0 Å². The van der Waals surface area contributed by atoms with Gasteiger partial charge in [0.1, 0.15) is 17.2 Å². The summed E-state index contributed by atoms with van der Waals surface area (Å²) in [6, 6.07) is 22.3.